The summed E-state index contributed by atoms with van der Waals surface area (Å²) in [5, 5.41) is 2.82. The summed E-state index contributed by atoms with van der Waals surface area (Å²) in [5.74, 6) is -0.228. The van der Waals surface area contributed by atoms with E-state index in [2.05, 4.69) is 5.32 Å². The van der Waals surface area contributed by atoms with E-state index < -0.39 is 11.7 Å². The van der Waals surface area contributed by atoms with E-state index >= 15 is 0 Å². The van der Waals surface area contributed by atoms with Gasteiger partial charge in [0.15, 0.2) is 0 Å². The highest BCUT2D eigenvalue weighted by molar-refractivity contribution is 5.72. The number of esters is 1. The lowest BCUT2D eigenvalue weighted by atomic mass is 10.1. The Morgan fingerprint density at radius 3 is 2.65 bits per heavy atom. The van der Waals surface area contributed by atoms with Gasteiger partial charge in [-0.05, 0) is 47.1 Å². The van der Waals surface area contributed by atoms with E-state index in [1.807, 2.05) is 25.7 Å². The minimum absolute atomic E-state index is 0.0326. The number of amides is 1. The van der Waals surface area contributed by atoms with Crippen molar-refractivity contribution < 1.29 is 19.1 Å². The van der Waals surface area contributed by atoms with Gasteiger partial charge in [-0.1, -0.05) is 0 Å². The normalized spacial score (nSPS) is 20.3. The highest BCUT2D eigenvalue weighted by Crippen LogP contribution is 2.12. The largest absolute Gasteiger partial charge is 0.459 e. The van der Waals surface area contributed by atoms with Crippen molar-refractivity contribution in [3.63, 3.8) is 0 Å². The molecule has 1 N–H and O–H groups in total. The molecule has 1 aliphatic rings. The van der Waals surface area contributed by atoms with Crippen LogP contribution in [0, 0.1) is 0 Å². The van der Waals surface area contributed by atoms with Gasteiger partial charge in [-0.25, -0.2) is 4.79 Å². The molecular formula is C14H26N2O4. The Labute approximate surface area is 120 Å². The Balaban J connectivity index is 2.37. The number of hydrogen-bond donors (Lipinski definition) is 1. The number of likely N-dealkylation sites (tertiary alicyclic amines) is 1. The maximum atomic E-state index is 11.8. The molecule has 6 heteroatoms. The Morgan fingerprint density at radius 2 is 2.05 bits per heavy atom. The fourth-order valence-electron chi connectivity index (χ4n) is 2.21. The Hall–Kier alpha value is -1.30. The summed E-state index contributed by atoms with van der Waals surface area (Å²) in [7, 11) is 0. The minimum atomic E-state index is -0.463. The van der Waals surface area contributed by atoms with E-state index in [0.29, 0.717) is 13.2 Å². The minimum Gasteiger partial charge on any atom is -0.459 e. The lowest BCUT2D eigenvalue weighted by Crippen LogP contribution is -2.49. The third kappa shape index (κ3) is 6.75. The Bertz CT molecular complexity index is 339. The molecule has 1 amide bonds. The van der Waals surface area contributed by atoms with E-state index in [9.17, 15) is 9.59 Å². The van der Waals surface area contributed by atoms with Gasteiger partial charge in [0.2, 0.25) is 0 Å². The summed E-state index contributed by atoms with van der Waals surface area (Å²) in [5.41, 5.74) is -0.463. The summed E-state index contributed by atoms with van der Waals surface area (Å²) in [6.07, 6.45) is 1.46. The summed E-state index contributed by atoms with van der Waals surface area (Å²) in [4.78, 5) is 25.2. The van der Waals surface area contributed by atoms with Crippen LogP contribution in [0.1, 0.15) is 40.5 Å². The maximum Gasteiger partial charge on any atom is 0.407 e. The second kappa shape index (κ2) is 7.47. The predicted molar refractivity (Wildman–Crippen MR) is 75.5 cm³/mol. The molecule has 0 aromatic rings. The molecular weight excluding hydrogens is 260 g/mol. The molecule has 0 aliphatic carbocycles. The van der Waals surface area contributed by atoms with E-state index in [0.717, 1.165) is 19.4 Å². The molecule has 1 heterocycles. The molecule has 1 rings (SSSR count). The number of piperidine rings is 1. The molecule has 1 unspecified atom stereocenters. The van der Waals surface area contributed by atoms with Gasteiger partial charge in [0.25, 0.3) is 0 Å². The van der Waals surface area contributed by atoms with Crippen LogP contribution in [0.4, 0.5) is 4.79 Å². The van der Waals surface area contributed by atoms with Crippen LogP contribution in [-0.4, -0.2) is 54.8 Å². The van der Waals surface area contributed by atoms with Crippen LogP contribution in [0.15, 0.2) is 0 Å². The molecule has 6 nitrogen and oxygen atoms in total. The predicted octanol–water partition coefficient (Wildman–Crippen LogP) is 1.54. The second-order valence-corrected chi connectivity index (χ2v) is 6.03. The molecule has 0 radical (unpaired) electrons. The van der Waals surface area contributed by atoms with Crippen molar-refractivity contribution in [3.05, 3.63) is 0 Å². The van der Waals surface area contributed by atoms with Crippen molar-refractivity contribution >= 4 is 12.1 Å². The van der Waals surface area contributed by atoms with Crippen LogP contribution >= 0.6 is 0 Å². The molecule has 1 saturated heterocycles. The van der Waals surface area contributed by atoms with Gasteiger partial charge in [-0.15, -0.1) is 0 Å². The van der Waals surface area contributed by atoms with Gasteiger partial charge in [0, 0.05) is 12.6 Å². The summed E-state index contributed by atoms with van der Waals surface area (Å²) in [6, 6.07) is 0.0326. The van der Waals surface area contributed by atoms with Gasteiger partial charge in [0.05, 0.1) is 13.2 Å². The van der Waals surface area contributed by atoms with Crippen molar-refractivity contribution in [1.29, 1.82) is 0 Å². The average molecular weight is 286 g/mol. The highest BCUT2D eigenvalue weighted by Gasteiger charge is 2.25. The van der Waals surface area contributed by atoms with Gasteiger partial charge in [-0.3, -0.25) is 9.69 Å². The summed E-state index contributed by atoms with van der Waals surface area (Å²) < 4.78 is 10.2. The molecule has 0 bridgehead atoms. The zero-order valence-electron chi connectivity index (χ0n) is 12.9. The number of alkyl carbamates (subject to hydrolysis) is 1. The fraction of sp³-hybridized carbons (Fsp3) is 0.857. The molecule has 20 heavy (non-hydrogen) atoms. The van der Waals surface area contributed by atoms with Crippen LogP contribution in [0.3, 0.4) is 0 Å². The molecule has 1 aliphatic heterocycles. The second-order valence-electron chi connectivity index (χ2n) is 6.03. The first-order valence-corrected chi connectivity index (χ1v) is 7.17. The number of ether oxygens (including phenoxy) is 2. The third-order valence-corrected chi connectivity index (χ3v) is 2.88. The zero-order valence-corrected chi connectivity index (χ0v) is 12.9. The maximum absolute atomic E-state index is 11.8. The van der Waals surface area contributed by atoms with E-state index in [4.69, 9.17) is 9.47 Å². The van der Waals surface area contributed by atoms with Crippen LogP contribution in [-0.2, 0) is 14.3 Å². The molecule has 0 saturated carbocycles. The Kier molecular flexibility index (Phi) is 6.26. The van der Waals surface area contributed by atoms with Crippen LogP contribution < -0.4 is 5.32 Å². The van der Waals surface area contributed by atoms with E-state index in [1.54, 1.807) is 6.92 Å². The molecule has 1 atom stereocenters. The van der Waals surface area contributed by atoms with Crippen molar-refractivity contribution in [1.82, 2.24) is 10.2 Å². The first-order chi connectivity index (χ1) is 9.30. The monoisotopic (exact) mass is 286 g/mol. The lowest BCUT2D eigenvalue weighted by molar-refractivity contribution is -0.156. The smallest absolute Gasteiger partial charge is 0.407 e. The van der Waals surface area contributed by atoms with Gasteiger partial charge in [0.1, 0.15) is 5.60 Å². The first kappa shape index (κ1) is 16.8. The van der Waals surface area contributed by atoms with Gasteiger partial charge >= 0.3 is 12.1 Å². The third-order valence-electron chi connectivity index (χ3n) is 2.88. The van der Waals surface area contributed by atoms with Crippen LogP contribution in [0.2, 0.25) is 0 Å². The van der Waals surface area contributed by atoms with Crippen molar-refractivity contribution in [3.8, 4) is 0 Å². The van der Waals surface area contributed by atoms with Crippen LogP contribution in [0.5, 0.6) is 0 Å². The van der Waals surface area contributed by atoms with Crippen molar-refractivity contribution in [2.45, 2.75) is 52.2 Å². The number of carbonyl (C=O) groups excluding carboxylic acids is 2. The topological polar surface area (TPSA) is 67.9 Å². The first-order valence-electron chi connectivity index (χ1n) is 7.17. The van der Waals surface area contributed by atoms with Gasteiger partial charge in [-0.2, -0.15) is 0 Å². The number of hydrogen-bond acceptors (Lipinski definition) is 5. The number of nitrogens with zero attached hydrogens (tertiary/aromatic N) is 1. The molecule has 0 aromatic heterocycles. The Morgan fingerprint density at radius 1 is 1.35 bits per heavy atom. The standard InChI is InChI=1S/C14H26N2O4/c1-5-19-13(18)15-11-7-6-8-16(9-11)10-12(17)20-14(2,3)4/h11H,5-10H2,1-4H3,(H,15,18). The van der Waals surface area contributed by atoms with Crippen LogP contribution in [0.25, 0.3) is 0 Å². The summed E-state index contributed by atoms with van der Waals surface area (Å²) >= 11 is 0. The van der Waals surface area contributed by atoms with E-state index in [1.165, 1.54) is 0 Å². The fourth-order valence-corrected chi connectivity index (χ4v) is 2.21. The molecule has 1 fully saturated rings. The summed E-state index contributed by atoms with van der Waals surface area (Å²) in [6.45, 7) is 9.46. The van der Waals surface area contributed by atoms with Crippen molar-refractivity contribution in [2.24, 2.45) is 0 Å². The SMILES string of the molecule is CCOC(=O)NC1CCCN(CC(=O)OC(C)(C)C)C1. The molecule has 0 aromatic carbocycles. The molecule has 116 valence electrons. The van der Waals surface area contributed by atoms with Crippen molar-refractivity contribution in [2.75, 3.05) is 26.2 Å². The zero-order chi connectivity index (χ0) is 15.2. The molecule has 0 spiro atoms. The number of nitrogens with one attached hydrogen (secondary N) is 1. The number of rotatable bonds is 4. The quantitative estimate of drug-likeness (QED) is 0.794. The van der Waals surface area contributed by atoms with E-state index in [-0.39, 0.29) is 18.6 Å². The number of carbonyl (C=O) groups is 2. The lowest BCUT2D eigenvalue weighted by Gasteiger charge is -2.32. The average Bonchev–Trinajstić information content (AvgIpc) is 2.26. The highest BCUT2D eigenvalue weighted by atomic mass is 16.6. The van der Waals surface area contributed by atoms with Gasteiger partial charge < -0.3 is 14.8 Å².